The molecular formula is C21H25FN2O3. The van der Waals surface area contributed by atoms with Gasteiger partial charge >= 0.3 is 0 Å². The molecule has 3 aliphatic rings. The molecule has 5 nitrogen and oxygen atoms in total. The molecule has 2 aliphatic heterocycles. The van der Waals surface area contributed by atoms with Crippen molar-refractivity contribution < 1.29 is 19.1 Å². The molecule has 144 valence electrons. The Morgan fingerprint density at radius 3 is 2.41 bits per heavy atom. The summed E-state index contributed by atoms with van der Waals surface area (Å²) in [7, 11) is 0. The zero-order valence-corrected chi connectivity index (χ0v) is 15.7. The van der Waals surface area contributed by atoms with Crippen LogP contribution in [0.5, 0.6) is 0 Å². The predicted molar refractivity (Wildman–Crippen MR) is 98.1 cm³/mol. The molecule has 1 aromatic carbocycles. The van der Waals surface area contributed by atoms with Gasteiger partial charge in [-0.25, -0.2) is 4.39 Å². The van der Waals surface area contributed by atoms with Crippen molar-refractivity contribution >= 4 is 11.8 Å². The number of nitrogens with zero attached hydrogens (tertiary/aromatic N) is 2. The summed E-state index contributed by atoms with van der Waals surface area (Å²) in [5, 5.41) is 10.6. The van der Waals surface area contributed by atoms with Crippen LogP contribution in [0.15, 0.2) is 35.6 Å². The maximum atomic E-state index is 13.1. The predicted octanol–water partition coefficient (Wildman–Crippen LogP) is 3.02. The molecule has 1 N–H and O–H groups in total. The summed E-state index contributed by atoms with van der Waals surface area (Å²) in [5.74, 6) is -1.10. The minimum atomic E-state index is -0.501. The Morgan fingerprint density at radius 1 is 1.11 bits per heavy atom. The van der Waals surface area contributed by atoms with Crippen LogP contribution in [0.2, 0.25) is 0 Å². The van der Waals surface area contributed by atoms with Crippen molar-refractivity contribution in [3.05, 3.63) is 47.0 Å². The Bertz CT molecular complexity index is 811. The molecule has 27 heavy (non-hydrogen) atoms. The second-order valence-electron chi connectivity index (χ2n) is 8.47. The van der Waals surface area contributed by atoms with E-state index >= 15 is 0 Å². The maximum Gasteiger partial charge on any atom is 0.289 e. The highest BCUT2D eigenvalue weighted by Gasteiger charge is 2.52. The molecule has 0 bridgehead atoms. The van der Waals surface area contributed by atoms with Gasteiger partial charge in [0.2, 0.25) is 0 Å². The van der Waals surface area contributed by atoms with E-state index in [2.05, 4.69) is 0 Å². The van der Waals surface area contributed by atoms with E-state index in [9.17, 15) is 19.1 Å². The average molecular weight is 372 g/mol. The van der Waals surface area contributed by atoms with E-state index in [0.717, 1.165) is 18.4 Å². The molecule has 1 saturated carbocycles. The van der Waals surface area contributed by atoms with Crippen LogP contribution in [0, 0.1) is 17.7 Å². The molecule has 0 aromatic heterocycles. The number of benzene rings is 1. The lowest BCUT2D eigenvalue weighted by Gasteiger charge is -2.51. The highest BCUT2D eigenvalue weighted by Crippen LogP contribution is 2.44. The minimum Gasteiger partial charge on any atom is -0.503 e. The van der Waals surface area contributed by atoms with Crippen LogP contribution in [0.4, 0.5) is 4.39 Å². The van der Waals surface area contributed by atoms with Crippen LogP contribution in [-0.2, 0) is 16.1 Å². The van der Waals surface area contributed by atoms with Crippen molar-refractivity contribution in [2.45, 2.75) is 45.2 Å². The number of fused-ring (bicyclic) bond motifs is 1. The fourth-order valence-corrected chi connectivity index (χ4v) is 4.35. The van der Waals surface area contributed by atoms with Gasteiger partial charge in [-0.05, 0) is 56.7 Å². The van der Waals surface area contributed by atoms with Gasteiger partial charge in [-0.3, -0.25) is 9.59 Å². The van der Waals surface area contributed by atoms with Crippen molar-refractivity contribution in [1.29, 1.82) is 0 Å². The topological polar surface area (TPSA) is 60.9 Å². The first kappa shape index (κ1) is 18.0. The quantitative estimate of drug-likeness (QED) is 0.884. The monoisotopic (exact) mass is 372 g/mol. The summed E-state index contributed by atoms with van der Waals surface area (Å²) in [6, 6.07) is 6.03. The molecular weight excluding hydrogens is 347 g/mol. The van der Waals surface area contributed by atoms with Gasteiger partial charge in [-0.1, -0.05) is 12.1 Å². The van der Waals surface area contributed by atoms with Gasteiger partial charge in [-0.15, -0.1) is 0 Å². The van der Waals surface area contributed by atoms with Crippen molar-refractivity contribution in [1.82, 2.24) is 9.80 Å². The number of carbonyl (C=O) groups excluding carboxylic acids is 2. The Morgan fingerprint density at radius 2 is 1.78 bits per heavy atom. The van der Waals surface area contributed by atoms with Gasteiger partial charge < -0.3 is 14.9 Å². The summed E-state index contributed by atoms with van der Waals surface area (Å²) >= 11 is 0. The Hall–Kier alpha value is -2.37. The van der Waals surface area contributed by atoms with Crippen LogP contribution >= 0.6 is 0 Å². The first-order chi connectivity index (χ1) is 12.8. The van der Waals surface area contributed by atoms with Gasteiger partial charge in [0.05, 0.1) is 5.57 Å². The molecule has 1 atom stereocenters. The van der Waals surface area contributed by atoms with Gasteiger partial charge in [-0.2, -0.15) is 0 Å². The lowest BCUT2D eigenvalue weighted by atomic mass is 9.72. The SMILES string of the molecule is CC1(C)C2CCN(Cc3ccc(F)cc3)C(=O)C2=C(O)C(=O)N1CC1CC1. The third-order valence-electron chi connectivity index (χ3n) is 6.23. The van der Waals surface area contributed by atoms with Crippen molar-refractivity contribution in [2.75, 3.05) is 13.1 Å². The summed E-state index contributed by atoms with van der Waals surface area (Å²) in [5.41, 5.74) is 0.559. The Balaban J connectivity index is 1.61. The van der Waals surface area contributed by atoms with Gasteiger partial charge in [0, 0.05) is 31.1 Å². The third-order valence-corrected chi connectivity index (χ3v) is 6.23. The average Bonchev–Trinajstić information content (AvgIpc) is 3.45. The molecule has 1 saturated heterocycles. The second kappa shape index (κ2) is 6.36. The van der Waals surface area contributed by atoms with Crippen LogP contribution in [0.25, 0.3) is 0 Å². The van der Waals surface area contributed by atoms with Gasteiger partial charge in [0.25, 0.3) is 11.8 Å². The zero-order valence-electron chi connectivity index (χ0n) is 15.7. The summed E-state index contributed by atoms with van der Waals surface area (Å²) in [4.78, 5) is 29.3. The molecule has 1 aliphatic carbocycles. The molecule has 0 radical (unpaired) electrons. The normalized spacial score (nSPS) is 25.1. The number of halogens is 1. The van der Waals surface area contributed by atoms with Crippen LogP contribution < -0.4 is 0 Å². The second-order valence-corrected chi connectivity index (χ2v) is 8.47. The van der Waals surface area contributed by atoms with E-state index in [-0.39, 0.29) is 23.2 Å². The first-order valence-corrected chi connectivity index (χ1v) is 9.58. The van der Waals surface area contributed by atoms with E-state index in [1.807, 2.05) is 13.8 Å². The van der Waals surface area contributed by atoms with Gasteiger partial charge in [0.1, 0.15) is 5.82 Å². The summed E-state index contributed by atoms with van der Waals surface area (Å²) < 4.78 is 13.1. The minimum absolute atomic E-state index is 0.175. The number of likely N-dealkylation sites (tertiary alicyclic amines) is 1. The lowest BCUT2D eigenvalue weighted by Crippen LogP contribution is -2.61. The summed E-state index contributed by atoms with van der Waals surface area (Å²) in [6.07, 6.45) is 2.92. The fourth-order valence-electron chi connectivity index (χ4n) is 4.35. The van der Waals surface area contributed by atoms with Gasteiger partial charge in [0.15, 0.2) is 5.76 Å². The number of amides is 2. The third kappa shape index (κ3) is 3.11. The van der Waals surface area contributed by atoms with E-state index in [0.29, 0.717) is 32.0 Å². The summed E-state index contributed by atoms with van der Waals surface area (Å²) in [6.45, 7) is 5.52. The van der Waals surface area contributed by atoms with Crippen LogP contribution in [0.1, 0.15) is 38.7 Å². The lowest BCUT2D eigenvalue weighted by molar-refractivity contribution is -0.145. The number of hydrogen-bond donors (Lipinski definition) is 1. The molecule has 1 aromatic rings. The zero-order chi connectivity index (χ0) is 19.3. The number of rotatable bonds is 4. The number of aliphatic hydroxyl groups excluding tert-OH is 1. The molecule has 1 unspecified atom stereocenters. The molecule has 0 spiro atoms. The largest absolute Gasteiger partial charge is 0.503 e. The molecule has 4 rings (SSSR count). The van der Waals surface area contributed by atoms with E-state index in [1.54, 1.807) is 21.9 Å². The van der Waals surface area contributed by atoms with E-state index < -0.39 is 17.2 Å². The number of aliphatic hydroxyl groups is 1. The Labute approximate surface area is 158 Å². The fraction of sp³-hybridized carbons (Fsp3) is 0.524. The number of carbonyl (C=O) groups is 2. The molecule has 6 heteroatoms. The first-order valence-electron chi connectivity index (χ1n) is 9.58. The maximum absolute atomic E-state index is 13.1. The smallest absolute Gasteiger partial charge is 0.289 e. The molecule has 2 heterocycles. The van der Waals surface area contributed by atoms with E-state index in [4.69, 9.17) is 0 Å². The highest BCUT2D eigenvalue weighted by molar-refractivity contribution is 6.05. The van der Waals surface area contributed by atoms with Crippen LogP contribution in [-0.4, -0.2) is 45.3 Å². The molecule has 2 amide bonds. The highest BCUT2D eigenvalue weighted by atomic mass is 19.1. The molecule has 2 fully saturated rings. The van der Waals surface area contributed by atoms with E-state index in [1.165, 1.54) is 12.1 Å². The Kier molecular flexibility index (Phi) is 4.24. The van der Waals surface area contributed by atoms with Crippen molar-refractivity contribution in [3.63, 3.8) is 0 Å². The van der Waals surface area contributed by atoms with Crippen molar-refractivity contribution in [2.24, 2.45) is 11.8 Å². The number of piperidine rings is 1. The standard InChI is InChI=1S/C21H25FN2O3/c1-21(2)16-9-10-23(11-13-5-7-15(22)8-6-13)19(26)17(16)18(25)20(27)24(21)12-14-3-4-14/h5-8,14,16,25H,3-4,9-12H2,1-2H3. The number of hydrogen-bond acceptors (Lipinski definition) is 3. The van der Waals surface area contributed by atoms with Crippen LogP contribution in [0.3, 0.4) is 0 Å². The van der Waals surface area contributed by atoms with Crippen molar-refractivity contribution in [3.8, 4) is 0 Å².